The van der Waals surface area contributed by atoms with Gasteiger partial charge in [-0.15, -0.1) is 0 Å². The molecule has 4 heterocycles. The fraction of sp³-hybridized carbons (Fsp3) is 0.0952. The molecule has 0 atom stereocenters. The second-order valence-corrected chi connectivity index (χ2v) is 27.2. The lowest BCUT2D eigenvalue weighted by molar-refractivity contribution is 0.595. The van der Waals surface area contributed by atoms with Gasteiger partial charge in [-0.3, -0.25) is 0 Å². The highest BCUT2D eigenvalue weighted by molar-refractivity contribution is 7.02. The van der Waals surface area contributed by atoms with Gasteiger partial charge in [0, 0.05) is 68.2 Å². The number of rotatable bonds is 8. The molecule has 0 amide bonds. The van der Waals surface area contributed by atoms with Crippen molar-refractivity contribution < 1.29 is 0 Å². The van der Waals surface area contributed by atoms with E-state index in [-0.39, 0.29) is 24.3 Å². The first-order valence-electron chi connectivity index (χ1n) is 31.9. The van der Waals surface area contributed by atoms with Gasteiger partial charge in [-0.05, 0) is 220 Å². The highest BCUT2D eigenvalue weighted by Crippen LogP contribution is 2.54. The van der Waals surface area contributed by atoms with Crippen LogP contribution in [-0.4, -0.2) is 13.4 Å². The molecule has 426 valence electrons. The quantitative estimate of drug-likeness (QED) is 0.111. The minimum absolute atomic E-state index is 0.0661. The van der Waals surface area contributed by atoms with E-state index in [1.54, 1.807) is 0 Å². The summed E-state index contributed by atoms with van der Waals surface area (Å²) in [5.74, 6) is 0. The van der Waals surface area contributed by atoms with Crippen LogP contribution in [0.1, 0.15) is 52.7 Å². The van der Waals surface area contributed by atoms with Gasteiger partial charge in [0.2, 0.25) is 13.4 Å². The van der Waals surface area contributed by atoms with Gasteiger partial charge in [0.25, 0.3) is 0 Å². The zero-order valence-corrected chi connectivity index (χ0v) is 51.5. The van der Waals surface area contributed by atoms with E-state index in [0.29, 0.717) is 0 Å². The van der Waals surface area contributed by atoms with Gasteiger partial charge in [-0.2, -0.15) is 0 Å². The summed E-state index contributed by atoms with van der Waals surface area (Å²) in [4.78, 5) is 10.0. The lowest BCUT2D eigenvalue weighted by Crippen LogP contribution is -2.60. The van der Waals surface area contributed by atoms with E-state index in [1.165, 1.54) is 121 Å². The first kappa shape index (κ1) is 52.6. The second kappa shape index (κ2) is 19.5. The maximum Gasteiger partial charge on any atom is 0.248 e. The van der Waals surface area contributed by atoms with E-state index in [9.17, 15) is 0 Å². The molecule has 0 bridgehead atoms. The molecular formula is C84H64B2N4. The molecule has 0 unspecified atom stereocenters. The average molecular weight is 1150 g/mol. The molecule has 6 heteroatoms. The summed E-state index contributed by atoms with van der Waals surface area (Å²) in [6.45, 7) is 14.5. The maximum absolute atomic E-state index is 2.70. The van der Waals surface area contributed by atoms with Crippen LogP contribution in [-0.2, 0) is 10.8 Å². The normalized spacial score (nSPS) is 13.4. The molecule has 0 aromatic heterocycles. The largest absolute Gasteiger partial charge is 0.311 e. The second-order valence-electron chi connectivity index (χ2n) is 27.2. The van der Waals surface area contributed by atoms with Crippen molar-refractivity contribution in [2.75, 3.05) is 19.6 Å². The van der Waals surface area contributed by atoms with Gasteiger partial charge in [0.15, 0.2) is 0 Å². The number of fused-ring (bicyclic) bond motifs is 8. The minimum Gasteiger partial charge on any atom is -0.311 e. The molecule has 4 aliphatic rings. The highest BCUT2D eigenvalue weighted by Gasteiger charge is 2.47. The molecule has 14 aromatic rings. The van der Waals surface area contributed by atoms with Gasteiger partial charge in [0.1, 0.15) is 0 Å². The Morgan fingerprint density at radius 1 is 0.267 bits per heavy atom. The van der Waals surface area contributed by atoms with E-state index in [2.05, 4.69) is 340 Å². The third-order valence-electron chi connectivity index (χ3n) is 19.9. The van der Waals surface area contributed by atoms with Crippen LogP contribution in [0.15, 0.2) is 279 Å². The molecule has 0 N–H and O–H groups in total. The summed E-state index contributed by atoms with van der Waals surface area (Å²) in [5.41, 5.74) is 29.2. The molecule has 0 spiro atoms. The molecule has 18 rings (SSSR count). The van der Waals surface area contributed by atoms with E-state index < -0.39 is 0 Å². The SMILES string of the molecule is CC(C)(C)c1cc2c3c(cc4c(C(C)(C)C)cc5c6c(cc1c3c46)B1c3ccccc3N(c3ccccc3)c3cc(N(c4ccccc4)c4ccccc4)cc-5c31)B1c3ccccc3N(c3ccccc3)c3cc(N(c4ccccc4)c4ccccc4)cc-2c31. The van der Waals surface area contributed by atoms with Crippen LogP contribution in [0, 0.1) is 0 Å². The van der Waals surface area contributed by atoms with Crippen molar-refractivity contribution in [1.29, 1.82) is 0 Å². The van der Waals surface area contributed by atoms with Gasteiger partial charge in [-0.1, -0.05) is 210 Å². The Kier molecular flexibility index (Phi) is 11.4. The number of benzene rings is 14. The van der Waals surface area contributed by atoms with Gasteiger partial charge in [0.05, 0.1) is 0 Å². The Morgan fingerprint density at radius 2 is 0.578 bits per heavy atom. The fourth-order valence-corrected chi connectivity index (χ4v) is 16.3. The Balaban J connectivity index is 1.02. The number of anilines is 12. The molecule has 4 nitrogen and oxygen atoms in total. The van der Waals surface area contributed by atoms with Crippen molar-refractivity contribution in [2.24, 2.45) is 0 Å². The van der Waals surface area contributed by atoms with Crippen molar-refractivity contribution in [1.82, 2.24) is 0 Å². The zero-order valence-electron chi connectivity index (χ0n) is 51.5. The van der Waals surface area contributed by atoms with Crippen molar-refractivity contribution >= 4 is 147 Å². The van der Waals surface area contributed by atoms with Crippen LogP contribution in [0.4, 0.5) is 68.2 Å². The summed E-state index contributed by atoms with van der Waals surface area (Å²) >= 11 is 0. The molecule has 0 aliphatic carbocycles. The van der Waals surface area contributed by atoms with E-state index in [0.717, 1.165) is 45.5 Å². The maximum atomic E-state index is 2.70. The predicted molar refractivity (Wildman–Crippen MR) is 386 cm³/mol. The Bertz CT molecular complexity index is 4810. The number of hydrogen-bond acceptors (Lipinski definition) is 4. The lowest BCUT2D eigenvalue weighted by atomic mass is 9.31. The third kappa shape index (κ3) is 7.64. The summed E-state index contributed by atoms with van der Waals surface area (Å²) in [6, 6.07) is 105. The Hall–Kier alpha value is -10.6. The first-order valence-corrected chi connectivity index (χ1v) is 31.9. The molecule has 14 aromatic carbocycles. The first-order chi connectivity index (χ1) is 44.0. The van der Waals surface area contributed by atoms with Gasteiger partial charge in [-0.25, -0.2) is 0 Å². The van der Waals surface area contributed by atoms with Crippen molar-refractivity contribution in [3.05, 3.63) is 290 Å². The summed E-state index contributed by atoms with van der Waals surface area (Å²) in [6.07, 6.45) is 0. The van der Waals surface area contributed by atoms with Gasteiger partial charge < -0.3 is 19.6 Å². The van der Waals surface area contributed by atoms with Crippen molar-refractivity contribution in [2.45, 2.75) is 52.4 Å². The van der Waals surface area contributed by atoms with E-state index in [1.807, 2.05) is 0 Å². The van der Waals surface area contributed by atoms with Crippen LogP contribution in [0.3, 0.4) is 0 Å². The Labute approximate surface area is 528 Å². The molecule has 90 heavy (non-hydrogen) atoms. The average Bonchev–Trinajstić information content (AvgIpc) is 0.667. The van der Waals surface area contributed by atoms with E-state index in [4.69, 9.17) is 0 Å². The third-order valence-corrected chi connectivity index (χ3v) is 19.9. The highest BCUT2D eigenvalue weighted by atomic mass is 15.2. The molecule has 0 saturated carbocycles. The van der Waals surface area contributed by atoms with Crippen LogP contribution < -0.4 is 52.4 Å². The fourth-order valence-electron chi connectivity index (χ4n) is 16.3. The monoisotopic (exact) mass is 1150 g/mol. The Morgan fingerprint density at radius 3 is 0.911 bits per heavy atom. The standard InChI is InChI=1S/C84H64B2N4/c1-83(2,3)67-49-61-63-45-59(87(53-29-13-7-14-30-53)54-31-15-8-16-32-54)47-75-81(63)86(70-42-26-28-44-74(70)89(75)57-37-21-11-22-38-57)72-52-66-68(84(4,5)6)50-62-64-46-60(88(55-33-17-9-18-34-55)56-35-19-10-20-36-56)48-76-82(64)85(71-51-65(67)79(77(61)72)80(66)78(62)71)69-41-25-27-43-73(69)90(76)58-39-23-12-24-40-58/h7-52H,1-6H3. The van der Waals surface area contributed by atoms with E-state index >= 15 is 0 Å². The smallest absolute Gasteiger partial charge is 0.248 e. The lowest BCUT2D eigenvalue weighted by Gasteiger charge is -2.43. The molecule has 0 radical (unpaired) electrons. The summed E-state index contributed by atoms with van der Waals surface area (Å²) < 4.78 is 0. The van der Waals surface area contributed by atoms with Crippen LogP contribution in [0.25, 0.3) is 54.6 Å². The molecule has 4 aliphatic heterocycles. The predicted octanol–water partition coefficient (Wildman–Crippen LogP) is 18.7. The van der Waals surface area contributed by atoms with Crippen LogP contribution >= 0.6 is 0 Å². The topological polar surface area (TPSA) is 13.0 Å². The molecule has 0 saturated heterocycles. The number of hydrogen-bond donors (Lipinski definition) is 0. The summed E-state index contributed by atoms with van der Waals surface area (Å²) in [7, 11) is 0. The van der Waals surface area contributed by atoms with Crippen molar-refractivity contribution in [3.8, 4) is 22.3 Å². The number of para-hydroxylation sites is 8. The summed E-state index contributed by atoms with van der Waals surface area (Å²) in [5, 5.41) is 8.18. The number of nitrogens with zero attached hydrogens (tertiary/aromatic N) is 4. The van der Waals surface area contributed by atoms with Crippen molar-refractivity contribution in [3.63, 3.8) is 0 Å². The molecular weight excluding hydrogens is 1090 g/mol. The van der Waals surface area contributed by atoms with Gasteiger partial charge >= 0.3 is 0 Å². The van der Waals surface area contributed by atoms with Crippen LogP contribution in [0.5, 0.6) is 0 Å². The van der Waals surface area contributed by atoms with Crippen LogP contribution in [0.2, 0.25) is 0 Å². The molecule has 0 fully saturated rings. The minimum atomic E-state index is -0.252. The zero-order chi connectivity index (χ0) is 60.3.